The summed E-state index contributed by atoms with van der Waals surface area (Å²) in [7, 11) is -5.22. The van der Waals surface area contributed by atoms with E-state index in [-0.39, 0.29) is 51.1 Å². The summed E-state index contributed by atoms with van der Waals surface area (Å²) < 4.78 is 127. The first-order chi connectivity index (χ1) is 38.2. The summed E-state index contributed by atoms with van der Waals surface area (Å²) in [6.07, 6.45) is 0.304. The zero-order chi connectivity index (χ0) is 63.7. The molecular formula is C52H64Cl2F6N5O15PS2. The van der Waals surface area contributed by atoms with Crippen molar-refractivity contribution < 1.29 is 87.4 Å². The molecule has 1 aliphatic rings. The number of rotatable bonds is 17. The molecule has 3 N–H and O–H groups in total. The molecule has 1 amide bonds. The Bertz CT molecular complexity index is 3340. The Morgan fingerprint density at radius 1 is 0.976 bits per heavy atom. The topological polar surface area (TPSA) is 287 Å². The van der Waals surface area contributed by atoms with E-state index in [1.165, 1.54) is 18.3 Å². The SMILES string of the molecule is CC(C)OC(=O)c1cc(-n2c(=O)cc(C(F)(F)F)n(C)c2=O)ccc1Cl.CCc1cccc(C)c1N(C(=O)CCl)C(C)COC.CS(=O)(=O)c1cc(C(F)(F)F)ccc1C(=O)c1cnoc1C1CC1.C[S+](C)C.O=C(O)CNCP(=O)([O-])O. The van der Waals surface area contributed by atoms with Crippen molar-refractivity contribution in [1.82, 2.24) is 19.6 Å². The maximum atomic E-state index is 12.9. The molecule has 0 saturated heterocycles. The molecule has 1 aliphatic carbocycles. The zero-order valence-corrected chi connectivity index (χ0v) is 50.8. The van der Waals surface area contributed by atoms with Gasteiger partial charge in [0.15, 0.2) is 21.4 Å². The first kappa shape index (κ1) is 73.3. The van der Waals surface area contributed by atoms with Crippen LogP contribution in [-0.4, -0.2) is 126 Å². The largest absolute Gasteiger partial charge is 0.778 e. The number of anilines is 1. The fourth-order valence-electron chi connectivity index (χ4n) is 7.24. The molecule has 2 atom stereocenters. The maximum absolute atomic E-state index is 12.9. The highest BCUT2D eigenvalue weighted by Gasteiger charge is 2.37. The van der Waals surface area contributed by atoms with Gasteiger partial charge in [0.1, 0.15) is 19.2 Å². The zero-order valence-electron chi connectivity index (χ0n) is 46.8. The van der Waals surface area contributed by atoms with Crippen LogP contribution in [-0.2, 0) is 70.2 Å². The van der Waals surface area contributed by atoms with Crippen LogP contribution in [0.1, 0.15) is 101 Å². The van der Waals surface area contributed by atoms with E-state index in [9.17, 15) is 73.0 Å². The van der Waals surface area contributed by atoms with Gasteiger partial charge in [0.05, 0.1) is 94.5 Å². The van der Waals surface area contributed by atoms with Gasteiger partial charge in [-0.05, 0) is 105 Å². The number of sulfone groups is 1. The second-order valence-electron chi connectivity index (χ2n) is 18.8. The molecule has 20 nitrogen and oxygen atoms in total. The highest BCUT2D eigenvalue weighted by atomic mass is 35.5. The predicted molar refractivity (Wildman–Crippen MR) is 300 cm³/mol. The number of carbonyl (C=O) groups is 4. The number of methoxy groups -OCH3 is 1. The fraction of sp³-hybridized carbons (Fsp3) is 0.442. The third kappa shape index (κ3) is 22.9. The quantitative estimate of drug-likeness (QED) is 0.0200. The lowest BCUT2D eigenvalue weighted by atomic mass is 10.0. The molecule has 6 rings (SSSR count). The van der Waals surface area contributed by atoms with Crippen LogP contribution in [0.15, 0.2) is 85.9 Å². The smallest absolute Gasteiger partial charge is 0.431 e. The van der Waals surface area contributed by atoms with Crippen LogP contribution in [0.3, 0.4) is 0 Å². The lowest BCUT2D eigenvalue weighted by Crippen LogP contribution is -2.43. The van der Waals surface area contributed by atoms with E-state index >= 15 is 0 Å². The van der Waals surface area contributed by atoms with E-state index < -0.39 is 93.8 Å². The summed E-state index contributed by atoms with van der Waals surface area (Å²) in [5, 5.41) is 13.5. The number of esters is 1. The van der Waals surface area contributed by atoms with Crippen molar-refractivity contribution in [1.29, 1.82) is 0 Å². The van der Waals surface area contributed by atoms with E-state index in [0.717, 1.165) is 61.5 Å². The molecule has 31 heteroatoms. The normalized spacial score (nSPS) is 13.3. The monoisotopic (exact) mass is 1280 g/mol. The molecule has 3 aromatic carbocycles. The molecule has 83 heavy (non-hydrogen) atoms. The number of benzene rings is 3. The highest BCUT2D eigenvalue weighted by Crippen LogP contribution is 2.42. The molecule has 2 unspecified atom stereocenters. The van der Waals surface area contributed by atoms with E-state index in [1.807, 2.05) is 31.3 Å². The van der Waals surface area contributed by atoms with E-state index in [1.54, 1.807) is 25.9 Å². The van der Waals surface area contributed by atoms with Crippen molar-refractivity contribution in [3.63, 3.8) is 0 Å². The summed E-state index contributed by atoms with van der Waals surface area (Å²) in [5.41, 5.74) is -2.16. The number of carboxylic acids is 1. The van der Waals surface area contributed by atoms with Crippen LogP contribution in [0.4, 0.5) is 32.0 Å². The number of nitrogens with one attached hydrogen (secondary N) is 1. The van der Waals surface area contributed by atoms with E-state index in [2.05, 4.69) is 36.9 Å². The lowest BCUT2D eigenvalue weighted by molar-refractivity contribution is -0.193. The summed E-state index contributed by atoms with van der Waals surface area (Å²) in [6, 6.07) is 12.0. The molecular weight excluding hydrogens is 1210 g/mol. The molecule has 0 bridgehead atoms. The standard InChI is InChI=1S/C16H14ClF3N2O4.C15H22ClNO2.C15H12F3NO4S.C3H8NO5P.C3H9S/c1-8(2)26-14(24)10-6-9(4-5-11(10)17)22-13(23)7-12(16(18,19)20)21(3)15(22)25;1-5-13-8-6-7-11(2)15(13)17(14(18)9-16)12(3)10-19-4;1-24(21,22)12-6-9(15(16,17)18)4-5-10(12)13(20)11-7-19-23-14(11)8-2-3-8;5-3(6)1-4-2-10(7,8)9;1-4(2)3/h4-8H,1-3H3;6-8,12H,5,9-10H2,1-4H3;4-8H,2-3H2,1H3;4H,1-2H2,(H,5,6)(H2,7,8,9);1-3H3/q;;;;+1/p-1. The van der Waals surface area contributed by atoms with Crippen molar-refractivity contribution in [3.8, 4) is 5.69 Å². The maximum Gasteiger partial charge on any atom is 0.431 e. The summed E-state index contributed by atoms with van der Waals surface area (Å²) in [5.74, 6) is -2.40. The van der Waals surface area contributed by atoms with Gasteiger partial charge in [-0.3, -0.25) is 29.1 Å². The minimum atomic E-state index is -4.86. The van der Waals surface area contributed by atoms with Crippen molar-refractivity contribution >= 4 is 80.8 Å². The summed E-state index contributed by atoms with van der Waals surface area (Å²) >= 11 is 11.7. The Labute approximate surface area is 487 Å². The number of carboxylic acid groups (broad SMARTS) is 1. The molecule has 5 aromatic rings. The number of aliphatic carboxylic acids is 1. The van der Waals surface area contributed by atoms with Crippen LogP contribution < -0.4 is 26.4 Å². The summed E-state index contributed by atoms with van der Waals surface area (Å²) in [6.45, 7) is 9.31. The fourth-order valence-corrected chi connectivity index (χ4v) is 8.86. The number of para-hydroxylation sites is 1. The molecule has 0 spiro atoms. The Morgan fingerprint density at radius 3 is 2.06 bits per heavy atom. The third-order valence-corrected chi connectivity index (χ3v) is 13.2. The van der Waals surface area contributed by atoms with Crippen molar-refractivity contribution in [2.75, 3.05) is 62.4 Å². The minimum Gasteiger partial charge on any atom is -0.778 e. The van der Waals surface area contributed by atoms with Crippen molar-refractivity contribution in [2.45, 2.75) is 89.2 Å². The van der Waals surface area contributed by atoms with Gasteiger partial charge in [-0.15, -0.1) is 11.6 Å². The number of aromatic nitrogens is 3. The number of hydrogen-bond acceptors (Lipinski definition) is 15. The molecule has 460 valence electrons. The number of carbonyl (C=O) groups excluding carboxylic acids is 3. The second kappa shape index (κ2) is 31.9. The van der Waals surface area contributed by atoms with Gasteiger partial charge in [0.2, 0.25) is 5.91 Å². The summed E-state index contributed by atoms with van der Waals surface area (Å²) in [4.78, 5) is 90.1. The second-order valence-corrected chi connectivity index (χ2v) is 25.5. The van der Waals surface area contributed by atoms with Gasteiger partial charge < -0.3 is 38.4 Å². The van der Waals surface area contributed by atoms with Crippen molar-refractivity contribution in [2.24, 2.45) is 7.05 Å². The third-order valence-electron chi connectivity index (χ3n) is 10.9. The van der Waals surface area contributed by atoms with Gasteiger partial charge in [-0.25, -0.2) is 22.6 Å². The number of nitrogens with zero attached hydrogens (tertiary/aromatic N) is 4. The van der Waals surface area contributed by atoms with Gasteiger partial charge in [-0.1, -0.05) is 41.9 Å². The average Bonchev–Trinajstić information content (AvgIpc) is 4.21. The number of aryl methyl sites for hydroxylation is 2. The Hall–Kier alpha value is -5.84. The lowest BCUT2D eigenvalue weighted by Gasteiger charge is -2.31. The molecule has 0 aliphatic heterocycles. The van der Waals surface area contributed by atoms with Crippen LogP contribution in [0, 0.1) is 6.92 Å². The first-order valence-corrected chi connectivity index (χ1v) is 31.5. The first-order valence-electron chi connectivity index (χ1n) is 24.4. The highest BCUT2D eigenvalue weighted by molar-refractivity contribution is 7.94. The minimum absolute atomic E-state index is 0.0104. The van der Waals surface area contributed by atoms with Gasteiger partial charge in [-0.2, -0.15) is 26.3 Å². The number of ketones is 1. The number of alkyl halides is 7. The van der Waals surface area contributed by atoms with Crippen LogP contribution >= 0.6 is 30.8 Å². The number of halogens is 8. The van der Waals surface area contributed by atoms with Gasteiger partial charge in [0, 0.05) is 38.0 Å². The molecule has 2 heterocycles. The number of ether oxygens (including phenoxy) is 2. The van der Waals surface area contributed by atoms with Gasteiger partial charge >= 0.3 is 30.0 Å². The van der Waals surface area contributed by atoms with Crippen LogP contribution in [0.5, 0.6) is 0 Å². The van der Waals surface area contributed by atoms with E-state index in [0.29, 0.717) is 50.6 Å². The Balaban J connectivity index is 0.000000384. The van der Waals surface area contributed by atoms with Crippen molar-refractivity contribution in [3.05, 3.63) is 138 Å². The van der Waals surface area contributed by atoms with Gasteiger partial charge in [0.25, 0.3) is 5.56 Å². The molecule has 2 aromatic heterocycles. The van der Waals surface area contributed by atoms with Crippen LogP contribution in [0.25, 0.3) is 5.69 Å². The van der Waals surface area contributed by atoms with E-state index in [4.69, 9.17) is 47.2 Å². The molecule has 1 fully saturated rings. The number of hydrogen-bond donors (Lipinski definition) is 3. The average molecular weight is 1280 g/mol. The Morgan fingerprint density at radius 2 is 1.58 bits per heavy atom. The van der Waals surface area contributed by atoms with Crippen LogP contribution in [0.2, 0.25) is 5.02 Å². The number of amides is 1. The predicted octanol–water partition coefficient (Wildman–Crippen LogP) is 7.80. The molecule has 0 radical (unpaired) electrons. The Kier molecular flexibility index (Phi) is 28.1. The molecule has 1 saturated carbocycles.